The minimum absolute atomic E-state index is 0.0481. The lowest BCUT2D eigenvalue weighted by Gasteiger charge is -2.37. The van der Waals surface area contributed by atoms with Gasteiger partial charge in [-0.2, -0.15) is 0 Å². The van der Waals surface area contributed by atoms with Crippen molar-refractivity contribution >= 4 is 11.8 Å². The van der Waals surface area contributed by atoms with Crippen molar-refractivity contribution in [2.45, 2.75) is 32.1 Å². The summed E-state index contributed by atoms with van der Waals surface area (Å²) in [6.45, 7) is 6.79. The molecule has 1 unspecified atom stereocenters. The van der Waals surface area contributed by atoms with Crippen molar-refractivity contribution in [1.29, 1.82) is 0 Å². The van der Waals surface area contributed by atoms with Gasteiger partial charge in [-0.3, -0.25) is 9.59 Å². The van der Waals surface area contributed by atoms with Crippen molar-refractivity contribution in [1.82, 2.24) is 14.7 Å². The summed E-state index contributed by atoms with van der Waals surface area (Å²) in [5, 5.41) is 0. The normalized spacial score (nSPS) is 20.6. The Balaban J connectivity index is 1.46. The van der Waals surface area contributed by atoms with Gasteiger partial charge in [-0.05, 0) is 43.5 Å². The number of likely N-dealkylation sites (N-methyl/N-ethyl adjacent to an activating group) is 1. The first kappa shape index (κ1) is 19.8. The Labute approximate surface area is 161 Å². The fourth-order valence-corrected chi connectivity index (χ4v) is 3.96. The van der Waals surface area contributed by atoms with Crippen LogP contribution in [0.4, 0.5) is 4.39 Å². The van der Waals surface area contributed by atoms with Crippen LogP contribution in [-0.4, -0.2) is 72.8 Å². The second-order valence-corrected chi connectivity index (χ2v) is 7.94. The Morgan fingerprint density at radius 2 is 1.59 bits per heavy atom. The van der Waals surface area contributed by atoms with Gasteiger partial charge in [-0.15, -0.1) is 0 Å². The van der Waals surface area contributed by atoms with Crippen molar-refractivity contribution in [3.05, 3.63) is 35.6 Å². The third-order valence-electron chi connectivity index (χ3n) is 5.93. The second-order valence-electron chi connectivity index (χ2n) is 7.94. The number of rotatable bonds is 4. The van der Waals surface area contributed by atoms with Gasteiger partial charge in [0, 0.05) is 51.6 Å². The van der Waals surface area contributed by atoms with Gasteiger partial charge in [-0.25, -0.2) is 4.39 Å². The molecular weight excluding hydrogens is 345 g/mol. The molecule has 148 valence electrons. The van der Waals surface area contributed by atoms with E-state index < -0.39 is 0 Å². The van der Waals surface area contributed by atoms with E-state index in [1.807, 2.05) is 16.7 Å². The average Bonchev–Trinajstić information content (AvgIpc) is 2.68. The molecule has 1 aromatic carbocycles. The maximum atomic E-state index is 13.1. The number of likely N-dealkylation sites (tertiary alicyclic amines) is 1. The van der Waals surface area contributed by atoms with Crippen LogP contribution in [0.15, 0.2) is 24.3 Å². The molecule has 2 fully saturated rings. The van der Waals surface area contributed by atoms with E-state index in [0.717, 1.165) is 44.6 Å². The maximum absolute atomic E-state index is 13.1. The third-order valence-corrected chi connectivity index (χ3v) is 5.93. The standard InChI is InChI=1S/C21H30FN3O2/c1-16(17-3-5-19(22)6-4-17)15-20(26)24-9-7-18(8-10-24)21(27)25-13-11-23(2)12-14-25/h3-6,16,18H,7-15H2,1-2H3. The van der Waals surface area contributed by atoms with E-state index in [1.165, 1.54) is 12.1 Å². The minimum atomic E-state index is -0.260. The van der Waals surface area contributed by atoms with Crippen molar-refractivity contribution in [2.24, 2.45) is 5.92 Å². The SMILES string of the molecule is CC(CC(=O)N1CCC(C(=O)N2CCN(C)CC2)CC1)c1ccc(F)cc1. The number of nitrogens with zero attached hydrogens (tertiary/aromatic N) is 3. The number of halogens is 1. The number of piperazine rings is 1. The smallest absolute Gasteiger partial charge is 0.225 e. The maximum Gasteiger partial charge on any atom is 0.225 e. The summed E-state index contributed by atoms with van der Waals surface area (Å²) < 4.78 is 13.1. The molecule has 2 amide bonds. The molecule has 2 heterocycles. The van der Waals surface area contributed by atoms with Gasteiger partial charge in [0.15, 0.2) is 0 Å². The summed E-state index contributed by atoms with van der Waals surface area (Å²) in [5.74, 6) is 0.228. The van der Waals surface area contributed by atoms with Gasteiger partial charge < -0.3 is 14.7 Å². The van der Waals surface area contributed by atoms with Crippen molar-refractivity contribution < 1.29 is 14.0 Å². The average molecular weight is 375 g/mol. The molecule has 0 radical (unpaired) electrons. The second kappa shape index (κ2) is 8.83. The lowest BCUT2D eigenvalue weighted by atomic mass is 9.93. The first-order valence-corrected chi connectivity index (χ1v) is 9.94. The van der Waals surface area contributed by atoms with E-state index in [0.29, 0.717) is 19.5 Å². The molecule has 3 rings (SSSR count). The number of hydrogen-bond acceptors (Lipinski definition) is 3. The van der Waals surface area contributed by atoms with Gasteiger partial charge in [-0.1, -0.05) is 19.1 Å². The molecule has 0 aliphatic carbocycles. The van der Waals surface area contributed by atoms with Crippen LogP contribution < -0.4 is 0 Å². The minimum Gasteiger partial charge on any atom is -0.343 e. The Bertz CT molecular complexity index is 648. The molecule has 2 aliphatic heterocycles. The first-order chi connectivity index (χ1) is 12.9. The van der Waals surface area contributed by atoms with Gasteiger partial charge >= 0.3 is 0 Å². The molecule has 0 N–H and O–H groups in total. The Kier molecular flexibility index (Phi) is 6.47. The molecule has 0 bridgehead atoms. The summed E-state index contributed by atoms with van der Waals surface area (Å²) in [5.41, 5.74) is 0.977. The van der Waals surface area contributed by atoms with Crippen LogP contribution in [0.1, 0.15) is 37.7 Å². The van der Waals surface area contributed by atoms with Crippen molar-refractivity contribution in [2.75, 3.05) is 46.3 Å². The number of amides is 2. The summed E-state index contributed by atoms with van der Waals surface area (Å²) in [4.78, 5) is 31.4. The lowest BCUT2D eigenvalue weighted by Crippen LogP contribution is -2.51. The number of carbonyl (C=O) groups excluding carboxylic acids is 2. The fourth-order valence-electron chi connectivity index (χ4n) is 3.96. The molecule has 1 atom stereocenters. The quantitative estimate of drug-likeness (QED) is 0.811. The summed E-state index contributed by atoms with van der Waals surface area (Å²) >= 11 is 0. The summed E-state index contributed by atoms with van der Waals surface area (Å²) in [7, 11) is 2.08. The van der Waals surface area contributed by atoms with Crippen LogP contribution in [-0.2, 0) is 9.59 Å². The molecule has 0 spiro atoms. The largest absolute Gasteiger partial charge is 0.343 e. The molecule has 0 saturated carbocycles. The van der Waals surface area contributed by atoms with E-state index in [9.17, 15) is 14.0 Å². The van der Waals surface area contributed by atoms with Gasteiger partial charge in [0.25, 0.3) is 0 Å². The van der Waals surface area contributed by atoms with Crippen molar-refractivity contribution in [3.63, 3.8) is 0 Å². The van der Waals surface area contributed by atoms with Gasteiger partial charge in [0.2, 0.25) is 11.8 Å². The molecular formula is C21H30FN3O2. The number of hydrogen-bond donors (Lipinski definition) is 0. The topological polar surface area (TPSA) is 43.9 Å². The highest BCUT2D eigenvalue weighted by Gasteiger charge is 2.31. The number of piperidine rings is 1. The van der Waals surface area contributed by atoms with Gasteiger partial charge in [0.1, 0.15) is 5.82 Å². The highest BCUT2D eigenvalue weighted by Crippen LogP contribution is 2.24. The monoisotopic (exact) mass is 375 g/mol. The van der Waals surface area contributed by atoms with Crippen LogP contribution in [0.25, 0.3) is 0 Å². The van der Waals surface area contributed by atoms with E-state index in [4.69, 9.17) is 0 Å². The molecule has 2 aliphatic rings. The zero-order valence-corrected chi connectivity index (χ0v) is 16.4. The first-order valence-electron chi connectivity index (χ1n) is 9.94. The Morgan fingerprint density at radius 3 is 2.19 bits per heavy atom. The summed E-state index contributed by atoms with van der Waals surface area (Å²) in [6, 6.07) is 6.36. The molecule has 1 aromatic rings. The van der Waals surface area contributed by atoms with E-state index in [-0.39, 0.29) is 29.5 Å². The molecule has 6 heteroatoms. The molecule has 0 aromatic heterocycles. The molecule has 2 saturated heterocycles. The van der Waals surface area contributed by atoms with E-state index >= 15 is 0 Å². The zero-order chi connectivity index (χ0) is 19.4. The Hall–Kier alpha value is -1.95. The predicted molar refractivity (Wildman–Crippen MR) is 103 cm³/mol. The molecule has 27 heavy (non-hydrogen) atoms. The van der Waals surface area contributed by atoms with Crippen LogP contribution >= 0.6 is 0 Å². The van der Waals surface area contributed by atoms with Crippen LogP contribution in [0.5, 0.6) is 0 Å². The molecule has 5 nitrogen and oxygen atoms in total. The van der Waals surface area contributed by atoms with E-state index in [1.54, 1.807) is 12.1 Å². The number of carbonyl (C=O) groups is 2. The van der Waals surface area contributed by atoms with Gasteiger partial charge in [0.05, 0.1) is 0 Å². The zero-order valence-electron chi connectivity index (χ0n) is 16.4. The van der Waals surface area contributed by atoms with Crippen molar-refractivity contribution in [3.8, 4) is 0 Å². The highest BCUT2D eigenvalue weighted by molar-refractivity contribution is 5.80. The van der Waals surface area contributed by atoms with Crippen LogP contribution in [0.3, 0.4) is 0 Å². The summed E-state index contributed by atoms with van der Waals surface area (Å²) in [6.07, 6.45) is 1.92. The predicted octanol–water partition coefficient (Wildman–Crippen LogP) is 2.33. The lowest BCUT2D eigenvalue weighted by molar-refractivity contribution is -0.142. The highest BCUT2D eigenvalue weighted by atomic mass is 19.1. The fraction of sp³-hybridized carbons (Fsp3) is 0.619. The van der Waals surface area contributed by atoms with Crippen LogP contribution in [0.2, 0.25) is 0 Å². The Morgan fingerprint density at radius 1 is 1.00 bits per heavy atom. The van der Waals surface area contributed by atoms with E-state index in [2.05, 4.69) is 11.9 Å². The van der Waals surface area contributed by atoms with Crippen LogP contribution in [0, 0.1) is 11.7 Å². The number of benzene rings is 1. The third kappa shape index (κ3) is 5.06.